The first-order valence-corrected chi connectivity index (χ1v) is 7.60. The van der Waals surface area contributed by atoms with Gasteiger partial charge in [-0.25, -0.2) is 4.98 Å². The summed E-state index contributed by atoms with van der Waals surface area (Å²) in [5.41, 5.74) is 4.87. The molecule has 0 spiro atoms. The van der Waals surface area contributed by atoms with Gasteiger partial charge in [0.1, 0.15) is 0 Å². The van der Waals surface area contributed by atoms with E-state index >= 15 is 0 Å². The minimum absolute atomic E-state index is 0.681. The van der Waals surface area contributed by atoms with Crippen LogP contribution >= 0.6 is 0 Å². The van der Waals surface area contributed by atoms with E-state index in [9.17, 15) is 0 Å². The van der Waals surface area contributed by atoms with Crippen LogP contribution in [0.5, 0.6) is 0 Å². The van der Waals surface area contributed by atoms with Crippen LogP contribution in [0.4, 0.5) is 11.6 Å². The second-order valence-electron chi connectivity index (χ2n) is 5.18. The van der Waals surface area contributed by atoms with E-state index in [0.717, 1.165) is 31.0 Å². The second kappa shape index (κ2) is 7.27. The largest absolute Gasteiger partial charge is 0.383 e. The molecule has 1 heterocycles. The van der Waals surface area contributed by atoms with Gasteiger partial charge in [-0.3, -0.25) is 0 Å². The van der Waals surface area contributed by atoms with Gasteiger partial charge >= 0.3 is 0 Å². The number of ether oxygens (including phenoxy) is 1. The Labute approximate surface area is 127 Å². The van der Waals surface area contributed by atoms with Crippen LogP contribution in [-0.4, -0.2) is 23.3 Å². The fourth-order valence-corrected chi connectivity index (χ4v) is 2.52. The highest BCUT2D eigenvalue weighted by Gasteiger charge is 2.11. The quantitative estimate of drug-likeness (QED) is 0.844. The summed E-state index contributed by atoms with van der Waals surface area (Å²) in [5.74, 6) is 0.889. The van der Waals surface area contributed by atoms with Crippen LogP contribution in [-0.2, 0) is 24.1 Å². The van der Waals surface area contributed by atoms with E-state index in [0.29, 0.717) is 6.61 Å². The van der Waals surface area contributed by atoms with Gasteiger partial charge in [-0.1, -0.05) is 32.0 Å². The molecule has 0 unspecified atom stereocenters. The molecule has 0 aliphatic rings. The molecule has 1 aromatic carbocycles. The smallest absolute Gasteiger partial charge is 0.207 e. The first-order valence-electron chi connectivity index (χ1n) is 7.60. The number of rotatable bonds is 7. The number of anilines is 2. The summed E-state index contributed by atoms with van der Waals surface area (Å²) in [7, 11) is 1.72. The maximum atomic E-state index is 5.17. The molecule has 4 heteroatoms. The van der Waals surface area contributed by atoms with Crippen molar-refractivity contribution in [3.63, 3.8) is 0 Å². The summed E-state index contributed by atoms with van der Waals surface area (Å²) in [6.07, 6.45) is 4.07. The Morgan fingerprint density at radius 1 is 1.19 bits per heavy atom. The van der Waals surface area contributed by atoms with Crippen LogP contribution in [0, 0.1) is 6.92 Å². The van der Waals surface area contributed by atoms with Gasteiger partial charge in [-0.15, -0.1) is 0 Å². The molecule has 114 valence electrons. The number of aromatic nitrogens is 2. The Morgan fingerprint density at radius 2 is 1.86 bits per heavy atom. The van der Waals surface area contributed by atoms with Crippen LogP contribution in [0.3, 0.4) is 0 Å². The summed E-state index contributed by atoms with van der Waals surface area (Å²) in [6.45, 7) is 7.86. The van der Waals surface area contributed by atoms with E-state index < -0.39 is 0 Å². The Morgan fingerprint density at radius 3 is 2.43 bits per heavy atom. The van der Waals surface area contributed by atoms with Gasteiger partial charge in [0.2, 0.25) is 5.95 Å². The molecular formula is C17H25N3O. The molecule has 0 atom stereocenters. The molecule has 1 N–H and O–H groups in total. The number of imidazole rings is 1. The normalized spacial score (nSPS) is 10.9. The monoisotopic (exact) mass is 287 g/mol. The van der Waals surface area contributed by atoms with E-state index in [-0.39, 0.29) is 0 Å². The highest BCUT2D eigenvalue weighted by atomic mass is 16.5. The predicted octanol–water partition coefficient (Wildman–Crippen LogP) is 3.71. The molecule has 2 aromatic rings. The molecule has 21 heavy (non-hydrogen) atoms. The van der Waals surface area contributed by atoms with Gasteiger partial charge in [0, 0.05) is 25.5 Å². The molecule has 0 radical (unpaired) electrons. The zero-order valence-electron chi connectivity index (χ0n) is 13.4. The minimum Gasteiger partial charge on any atom is -0.383 e. The average molecular weight is 287 g/mol. The Hall–Kier alpha value is -1.81. The molecule has 0 aliphatic carbocycles. The number of nitrogens with zero attached hydrogens (tertiary/aromatic N) is 2. The molecule has 0 saturated carbocycles. The Kier molecular flexibility index (Phi) is 5.39. The lowest BCUT2D eigenvalue weighted by atomic mass is 10.0. The lowest BCUT2D eigenvalue weighted by Crippen LogP contribution is -2.09. The Bertz CT molecular complexity index is 567. The van der Waals surface area contributed by atoms with Gasteiger partial charge in [0.05, 0.1) is 12.3 Å². The topological polar surface area (TPSA) is 39.1 Å². The summed E-state index contributed by atoms with van der Waals surface area (Å²) in [5, 5.41) is 3.54. The summed E-state index contributed by atoms with van der Waals surface area (Å²) < 4.78 is 7.29. The van der Waals surface area contributed by atoms with Crippen LogP contribution < -0.4 is 5.32 Å². The summed E-state index contributed by atoms with van der Waals surface area (Å²) in [6, 6.07) is 6.49. The van der Waals surface area contributed by atoms with E-state index in [4.69, 9.17) is 4.74 Å². The second-order valence-corrected chi connectivity index (χ2v) is 5.18. The van der Waals surface area contributed by atoms with E-state index in [2.05, 4.69) is 53.1 Å². The molecule has 1 aromatic heterocycles. The molecule has 4 nitrogen and oxygen atoms in total. The van der Waals surface area contributed by atoms with E-state index in [1.807, 2.05) is 6.92 Å². The van der Waals surface area contributed by atoms with Crippen molar-refractivity contribution in [3.05, 3.63) is 41.2 Å². The number of benzene rings is 1. The lowest BCUT2D eigenvalue weighted by molar-refractivity contribution is 0.188. The van der Waals surface area contributed by atoms with Crippen molar-refractivity contribution in [2.75, 3.05) is 19.0 Å². The van der Waals surface area contributed by atoms with Crippen LogP contribution in [0.2, 0.25) is 0 Å². The highest BCUT2D eigenvalue weighted by molar-refractivity contribution is 5.64. The minimum atomic E-state index is 0.681. The van der Waals surface area contributed by atoms with Crippen LogP contribution in [0.25, 0.3) is 0 Å². The van der Waals surface area contributed by atoms with Crippen molar-refractivity contribution in [1.82, 2.24) is 9.55 Å². The zero-order valence-corrected chi connectivity index (χ0v) is 13.4. The molecule has 0 saturated heterocycles. The van der Waals surface area contributed by atoms with Crippen molar-refractivity contribution in [2.24, 2.45) is 0 Å². The first-order chi connectivity index (χ1) is 10.2. The maximum Gasteiger partial charge on any atom is 0.207 e. The number of aryl methyl sites for hydroxylation is 3. The van der Waals surface area contributed by atoms with Gasteiger partial charge < -0.3 is 14.6 Å². The fraction of sp³-hybridized carbons (Fsp3) is 0.471. The number of hydrogen-bond acceptors (Lipinski definition) is 3. The Balaban J connectivity index is 2.33. The highest BCUT2D eigenvalue weighted by Crippen LogP contribution is 2.26. The molecular weight excluding hydrogens is 262 g/mol. The molecule has 0 aliphatic heterocycles. The fourth-order valence-electron chi connectivity index (χ4n) is 2.52. The molecule has 2 rings (SSSR count). The first kappa shape index (κ1) is 15.6. The number of methoxy groups -OCH3 is 1. The van der Waals surface area contributed by atoms with Gasteiger partial charge in [-0.2, -0.15) is 0 Å². The lowest BCUT2D eigenvalue weighted by Gasteiger charge is -2.16. The van der Waals surface area contributed by atoms with Crippen LogP contribution in [0.15, 0.2) is 24.4 Å². The maximum absolute atomic E-state index is 5.17. The van der Waals surface area contributed by atoms with Crippen molar-refractivity contribution in [3.8, 4) is 0 Å². The van der Waals surface area contributed by atoms with Crippen molar-refractivity contribution in [2.45, 2.75) is 40.2 Å². The van der Waals surface area contributed by atoms with Crippen LogP contribution in [0.1, 0.15) is 30.7 Å². The average Bonchev–Trinajstić information content (AvgIpc) is 2.85. The predicted molar refractivity (Wildman–Crippen MR) is 87.3 cm³/mol. The summed E-state index contributed by atoms with van der Waals surface area (Å²) >= 11 is 0. The zero-order chi connectivity index (χ0) is 15.2. The van der Waals surface area contributed by atoms with E-state index in [1.165, 1.54) is 16.8 Å². The summed E-state index contributed by atoms with van der Waals surface area (Å²) in [4.78, 5) is 4.61. The van der Waals surface area contributed by atoms with Crippen molar-refractivity contribution < 1.29 is 4.74 Å². The third-order valence-electron chi connectivity index (χ3n) is 3.67. The standard InChI is InChI=1S/C17H25N3O/c1-5-14-8-7-9-15(6-2)16(14)19-17-18-13(3)12-20(17)10-11-21-4/h7-9,12H,5-6,10-11H2,1-4H3,(H,18,19). The molecule has 0 amide bonds. The number of nitrogens with one attached hydrogen (secondary N) is 1. The molecule has 0 bridgehead atoms. The number of para-hydroxylation sites is 1. The van der Waals surface area contributed by atoms with Gasteiger partial charge in [0.25, 0.3) is 0 Å². The third kappa shape index (κ3) is 3.64. The van der Waals surface area contributed by atoms with E-state index in [1.54, 1.807) is 7.11 Å². The van der Waals surface area contributed by atoms with Crippen molar-refractivity contribution in [1.29, 1.82) is 0 Å². The number of hydrogen-bond donors (Lipinski definition) is 1. The van der Waals surface area contributed by atoms with Gasteiger partial charge in [0.15, 0.2) is 0 Å². The molecule has 0 fully saturated rings. The van der Waals surface area contributed by atoms with Gasteiger partial charge in [-0.05, 0) is 30.9 Å². The third-order valence-corrected chi connectivity index (χ3v) is 3.67. The SMILES string of the molecule is CCc1cccc(CC)c1Nc1nc(C)cn1CCOC. The van der Waals surface area contributed by atoms with Crippen molar-refractivity contribution >= 4 is 11.6 Å².